The highest BCUT2D eigenvalue weighted by Crippen LogP contribution is 2.32. The van der Waals surface area contributed by atoms with E-state index in [-0.39, 0.29) is 11.9 Å². The van der Waals surface area contributed by atoms with E-state index in [0.717, 1.165) is 60.4 Å². The minimum atomic E-state index is -0.318. The van der Waals surface area contributed by atoms with Crippen molar-refractivity contribution < 1.29 is 14.3 Å². The number of carbonyl (C=O) groups excluding carboxylic acids is 2. The third-order valence-corrected chi connectivity index (χ3v) is 8.62. The number of likely N-dealkylation sites (N-methyl/N-ethyl adjacent to an activating group) is 1. The van der Waals surface area contributed by atoms with Crippen LogP contribution in [0.4, 0.5) is 16.4 Å². The number of hydrogen-bond acceptors (Lipinski definition) is 8. The van der Waals surface area contributed by atoms with Gasteiger partial charge in [-0.1, -0.05) is 0 Å². The number of anilines is 2. The molecule has 38 heavy (non-hydrogen) atoms. The zero-order chi connectivity index (χ0) is 26.6. The maximum absolute atomic E-state index is 13.4. The van der Waals surface area contributed by atoms with Crippen LogP contribution in [-0.2, 0) is 24.2 Å². The molecule has 0 aliphatic carbocycles. The number of fused-ring (bicyclic) bond motifs is 1. The predicted molar refractivity (Wildman–Crippen MR) is 146 cm³/mol. The lowest BCUT2D eigenvalue weighted by atomic mass is 9.96. The molecule has 3 aliphatic heterocycles. The predicted octanol–water partition coefficient (Wildman–Crippen LogP) is 2.91. The number of piperazine rings is 1. The number of aromatic nitrogens is 2. The lowest BCUT2D eigenvalue weighted by Gasteiger charge is -2.33. The summed E-state index contributed by atoms with van der Waals surface area (Å²) in [5.41, 5.74) is 3.28. The van der Waals surface area contributed by atoms with Gasteiger partial charge in [0.25, 0.3) is 0 Å². The monoisotopic (exact) mass is 535 g/mol. The molecule has 0 spiro atoms. The summed E-state index contributed by atoms with van der Waals surface area (Å²) in [6.07, 6.45) is 5.09. The van der Waals surface area contributed by atoms with Crippen LogP contribution < -0.4 is 15.0 Å². The molecule has 0 radical (unpaired) electrons. The molecule has 11 heteroatoms. The third kappa shape index (κ3) is 5.71. The number of methoxy groups -OCH3 is 1. The average molecular weight is 536 g/mol. The first-order valence-corrected chi connectivity index (χ1v) is 14.2. The second-order valence-electron chi connectivity index (χ2n) is 10.2. The van der Waals surface area contributed by atoms with E-state index in [4.69, 9.17) is 9.72 Å². The molecule has 2 aromatic heterocycles. The second-order valence-corrected chi connectivity index (χ2v) is 11.3. The first-order chi connectivity index (χ1) is 18.4. The Bertz CT molecular complexity index is 1260. The van der Waals surface area contributed by atoms with Gasteiger partial charge in [-0.3, -0.25) is 19.9 Å². The maximum Gasteiger partial charge on any atom is 0.328 e. The molecule has 0 saturated carbocycles. The number of nitrogens with zero attached hydrogens (tertiary/aromatic N) is 6. The third-order valence-electron chi connectivity index (χ3n) is 7.39. The van der Waals surface area contributed by atoms with Crippen LogP contribution in [0.15, 0.2) is 18.3 Å². The van der Waals surface area contributed by atoms with Crippen molar-refractivity contribution >= 4 is 35.3 Å². The highest BCUT2D eigenvalue weighted by molar-refractivity contribution is 7.99. The SMILES string of the molecule is COc1nc2c(cc1CN1CCN(C)CC1=O)CCCN2C(=O)Nc1cc(CC2CCSC2)c(C#N)cn1. The number of amides is 3. The van der Waals surface area contributed by atoms with Crippen LogP contribution in [0.2, 0.25) is 0 Å². The van der Waals surface area contributed by atoms with E-state index in [2.05, 4.69) is 16.4 Å². The summed E-state index contributed by atoms with van der Waals surface area (Å²) in [4.78, 5) is 40.4. The molecule has 2 aromatic rings. The van der Waals surface area contributed by atoms with Crippen LogP contribution >= 0.6 is 11.8 Å². The van der Waals surface area contributed by atoms with Crippen molar-refractivity contribution in [1.82, 2.24) is 19.8 Å². The molecule has 1 unspecified atom stereocenters. The standard InChI is InChI=1S/C27H33N7O3S/c1-32-7-8-33(24(35)16-32)15-21-11-19-4-3-6-34(25(19)31-26(21)37-2)27(36)30-23-12-20(22(13-28)14-29-23)10-18-5-9-38-17-18/h11-12,14,18H,3-10,15-17H2,1-2H3,(H,29,30,36). The van der Waals surface area contributed by atoms with E-state index in [1.807, 2.05) is 40.7 Å². The highest BCUT2D eigenvalue weighted by Gasteiger charge is 2.29. The summed E-state index contributed by atoms with van der Waals surface area (Å²) in [5.74, 6) is 4.29. The molecule has 1 N–H and O–H groups in total. The number of ether oxygens (including phenoxy) is 1. The maximum atomic E-state index is 13.4. The van der Waals surface area contributed by atoms with E-state index >= 15 is 0 Å². The van der Waals surface area contributed by atoms with Crippen molar-refractivity contribution in [3.8, 4) is 11.9 Å². The van der Waals surface area contributed by atoms with Crippen molar-refractivity contribution in [2.24, 2.45) is 5.92 Å². The number of carbonyl (C=O) groups is 2. The number of nitriles is 1. The molecule has 2 saturated heterocycles. The molecule has 3 amide bonds. The Hall–Kier alpha value is -3.36. The zero-order valence-electron chi connectivity index (χ0n) is 21.9. The van der Waals surface area contributed by atoms with E-state index in [9.17, 15) is 14.9 Å². The summed E-state index contributed by atoms with van der Waals surface area (Å²) in [5, 5.41) is 12.5. The summed E-state index contributed by atoms with van der Waals surface area (Å²) >= 11 is 1.94. The van der Waals surface area contributed by atoms with Crippen LogP contribution in [0.25, 0.3) is 0 Å². The summed E-state index contributed by atoms with van der Waals surface area (Å²) in [6, 6.07) is 5.76. The summed E-state index contributed by atoms with van der Waals surface area (Å²) < 4.78 is 5.60. The second kappa shape index (κ2) is 11.6. The lowest BCUT2D eigenvalue weighted by Crippen LogP contribution is -2.48. The average Bonchev–Trinajstić information content (AvgIpc) is 3.42. The number of thioether (sulfide) groups is 1. The Morgan fingerprint density at radius 2 is 2.16 bits per heavy atom. The molecule has 2 fully saturated rings. The molecule has 5 heterocycles. The Labute approximate surface area is 227 Å². The molecular formula is C27H33N7O3S. The highest BCUT2D eigenvalue weighted by atomic mass is 32.2. The van der Waals surface area contributed by atoms with Crippen LogP contribution in [0.1, 0.15) is 35.1 Å². The van der Waals surface area contributed by atoms with Gasteiger partial charge in [-0.15, -0.1) is 0 Å². The van der Waals surface area contributed by atoms with Crippen LogP contribution in [-0.4, -0.2) is 83.5 Å². The molecule has 0 bridgehead atoms. The van der Waals surface area contributed by atoms with Crippen molar-refractivity contribution in [2.45, 2.75) is 32.2 Å². The van der Waals surface area contributed by atoms with Gasteiger partial charge < -0.3 is 9.64 Å². The van der Waals surface area contributed by atoms with E-state index < -0.39 is 0 Å². The number of rotatable bonds is 6. The molecular weight excluding hydrogens is 502 g/mol. The minimum absolute atomic E-state index is 0.0838. The van der Waals surface area contributed by atoms with Crippen molar-refractivity contribution in [1.29, 1.82) is 5.26 Å². The van der Waals surface area contributed by atoms with Gasteiger partial charge in [-0.2, -0.15) is 22.0 Å². The van der Waals surface area contributed by atoms with Crippen LogP contribution in [0.5, 0.6) is 5.88 Å². The van der Waals surface area contributed by atoms with Gasteiger partial charge in [0.15, 0.2) is 0 Å². The fourth-order valence-electron chi connectivity index (χ4n) is 5.28. The first-order valence-electron chi connectivity index (χ1n) is 13.0. The molecule has 1 atom stereocenters. The number of aryl methyl sites for hydroxylation is 1. The fraction of sp³-hybridized carbons (Fsp3) is 0.519. The molecule has 0 aromatic carbocycles. The van der Waals surface area contributed by atoms with E-state index in [1.165, 1.54) is 0 Å². The van der Waals surface area contributed by atoms with Crippen molar-refractivity contribution in [2.75, 3.05) is 62.1 Å². The number of urea groups is 1. The Balaban J connectivity index is 1.34. The van der Waals surface area contributed by atoms with Gasteiger partial charge in [0.1, 0.15) is 17.7 Å². The van der Waals surface area contributed by atoms with Gasteiger partial charge in [-0.25, -0.2) is 9.78 Å². The van der Waals surface area contributed by atoms with Gasteiger partial charge in [0.2, 0.25) is 11.8 Å². The lowest BCUT2D eigenvalue weighted by molar-refractivity contribution is -0.136. The van der Waals surface area contributed by atoms with Gasteiger partial charge in [0.05, 0.1) is 25.8 Å². The smallest absolute Gasteiger partial charge is 0.328 e. The topological polar surface area (TPSA) is 115 Å². The Morgan fingerprint density at radius 1 is 1.29 bits per heavy atom. The van der Waals surface area contributed by atoms with Crippen LogP contribution in [0, 0.1) is 17.2 Å². The van der Waals surface area contributed by atoms with E-state index in [0.29, 0.717) is 55.2 Å². The quantitative estimate of drug-likeness (QED) is 0.601. The Morgan fingerprint density at radius 3 is 2.89 bits per heavy atom. The van der Waals surface area contributed by atoms with Crippen LogP contribution in [0.3, 0.4) is 0 Å². The zero-order valence-corrected chi connectivity index (χ0v) is 22.7. The first kappa shape index (κ1) is 26.3. The largest absolute Gasteiger partial charge is 0.481 e. The van der Waals surface area contributed by atoms with Gasteiger partial charge >= 0.3 is 6.03 Å². The molecule has 200 valence electrons. The normalized spacial score (nSPS) is 19.7. The summed E-state index contributed by atoms with van der Waals surface area (Å²) in [7, 11) is 3.50. The molecule has 5 rings (SSSR count). The number of hydrogen-bond donors (Lipinski definition) is 1. The van der Waals surface area contributed by atoms with Gasteiger partial charge in [0, 0.05) is 31.4 Å². The number of nitrogens with one attached hydrogen (secondary N) is 1. The van der Waals surface area contributed by atoms with Crippen molar-refractivity contribution in [3.05, 3.63) is 40.6 Å². The Kier molecular flexibility index (Phi) is 8.00. The van der Waals surface area contributed by atoms with Crippen molar-refractivity contribution in [3.63, 3.8) is 0 Å². The molecule has 10 nitrogen and oxygen atoms in total. The molecule has 3 aliphatic rings. The van der Waals surface area contributed by atoms with E-state index in [1.54, 1.807) is 18.2 Å². The summed E-state index contributed by atoms with van der Waals surface area (Å²) in [6.45, 7) is 2.83. The fourth-order valence-corrected chi connectivity index (χ4v) is 6.57. The van der Waals surface area contributed by atoms with Gasteiger partial charge in [-0.05, 0) is 73.4 Å². The minimum Gasteiger partial charge on any atom is -0.481 e. The number of pyridine rings is 2.